The van der Waals surface area contributed by atoms with Crippen molar-refractivity contribution in [1.82, 2.24) is 15.1 Å². The molecule has 1 atom stereocenters. The summed E-state index contributed by atoms with van der Waals surface area (Å²) in [6, 6.07) is 8.93. The molecule has 8 nitrogen and oxygen atoms in total. The van der Waals surface area contributed by atoms with E-state index in [-0.39, 0.29) is 48.9 Å². The molecule has 0 bridgehead atoms. The first kappa shape index (κ1) is 27.5. The van der Waals surface area contributed by atoms with Crippen LogP contribution >= 0.6 is 0 Å². The molecule has 4 aromatic rings. The molecule has 12 heteroatoms. The van der Waals surface area contributed by atoms with Crippen molar-refractivity contribution >= 4 is 22.8 Å². The zero-order chi connectivity index (χ0) is 28.7. The van der Waals surface area contributed by atoms with Crippen molar-refractivity contribution in [3.63, 3.8) is 0 Å². The minimum Gasteiger partial charge on any atom is -0.496 e. The standard InChI is InChI=1S/C28H26F4N4O4/c1-15(14-37)7-18-9-20-21(11-23(18)39-2)34-22(13-33-20)17-4-3-16(19(29)8-17)10-26(38)35-25-12-24(40-36-25)27(5-6-27)28(30,31)32/h3-4,8-9,11-13,15,37H,5-7,10,14H2,1-2H3,(H,35,36,38). The Balaban J connectivity index is 1.29. The summed E-state index contributed by atoms with van der Waals surface area (Å²) in [5.74, 6) is -1.18. The number of hydrogen-bond donors (Lipinski definition) is 2. The summed E-state index contributed by atoms with van der Waals surface area (Å²) in [7, 11) is 1.55. The van der Waals surface area contributed by atoms with Crippen molar-refractivity contribution in [2.75, 3.05) is 19.0 Å². The van der Waals surface area contributed by atoms with Gasteiger partial charge in [0.25, 0.3) is 0 Å². The molecule has 1 aliphatic carbocycles. The monoisotopic (exact) mass is 558 g/mol. The first-order chi connectivity index (χ1) is 19.0. The summed E-state index contributed by atoms with van der Waals surface area (Å²) in [5, 5.41) is 15.3. The molecule has 1 amide bonds. The van der Waals surface area contributed by atoms with Crippen LogP contribution in [0.4, 0.5) is 23.4 Å². The number of aliphatic hydroxyl groups is 1. The van der Waals surface area contributed by atoms with Crippen LogP contribution in [0.2, 0.25) is 0 Å². The van der Waals surface area contributed by atoms with E-state index in [9.17, 15) is 27.5 Å². The van der Waals surface area contributed by atoms with Gasteiger partial charge in [0.2, 0.25) is 5.91 Å². The topological polar surface area (TPSA) is 110 Å². The molecule has 0 saturated heterocycles. The van der Waals surface area contributed by atoms with Crippen LogP contribution in [0, 0.1) is 11.7 Å². The van der Waals surface area contributed by atoms with Crippen LogP contribution in [-0.4, -0.2) is 46.0 Å². The molecule has 2 heterocycles. The number of alkyl halides is 3. The molecule has 0 spiro atoms. The summed E-state index contributed by atoms with van der Waals surface area (Å²) < 4.78 is 65.1. The minimum absolute atomic E-state index is 0.0404. The maximum Gasteiger partial charge on any atom is 0.401 e. The van der Waals surface area contributed by atoms with Crippen LogP contribution < -0.4 is 10.1 Å². The van der Waals surface area contributed by atoms with Crippen molar-refractivity contribution in [3.05, 3.63) is 65.3 Å². The molecule has 40 heavy (non-hydrogen) atoms. The first-order valence-corrected chi connectivity index (χ1v) is 12.6. The fourth-order valence-corrected chi connectivity index (χ4v) is 4.58. The molecule has 2 aromatic heterocycles. The van der Waals surface area contributed by atoms with Crippen molar-refractivity contribution in [2.24, 2.45) is 5.92 Å². The van der Waals surface area contributed by atoms with Gasteiger partial charge in [0, 0.05) is 24.3 Å². The number of amides is 1. The van der Waals surface area contributed by atoms with Gasteiger partial charge in [0.1, 0.15) is 17.0 Å². The predicted molar refractivity (Wildman–Crippen MR) is 137 cm³/mol. The largest absolute Gasteiger partial charge is 0.496 e. The molecular formula is C28H26F4N4O4. The molecule has 210 valence electrons. The van der Waals surface area contributed by atoms with Gasteiger partial charge in [0.15, 0.2) is 11.6 Å². The van der Waals surface area contributed by atoms with E-state index in [0.717, 1.165) is 11.6 Å². The summed E-state index contributed by atoms with van der Waals surface area (Å²) in [4.78, 5) is 21.5. The Kier molecular flexibility index (Phi) is 7.21. The lowest BCUT2D eigenvalue weighted by Crippen LogP contribution is -2.28. The number of ether oxygens (including phenoxy) is 1. The fraction of sp³-hybridized carbons (Fsp3) is 0.357. The SMILES string of the molecule is COc1cc2nc(-c3ccc(CC(=O)Nc4cc(C5(C(F)(F)F)CC5)on4)c(F)c3)cnc2cc1CC(C)CO. The highest BCUT2D eigenvalue weighted by molar-refractivity contribution is 5.91. The number of halogens is 4. The number of carbonyl (C=O) groups is 1. The molecule has 5 rings (SSSR count). The number of carbonyl (C=O) groups excluding carboxylic acids is 1. The lowest BCUT2D eigenvalue weighted by atomic mass is 10.00. The first-order valence-electron chi connectivity index (χ1n) is 12.6. The van der Waals surface area contributed by atoms with E-state index in [1.54, 1.807) is 19.2 Å². The van der Waals surface area contributed by atoms with E-state index in [1.165, 1.54) is 18.3 Å². The second kappa shape index (κ2) is 10.5. The van der Waals surface area contributed by atoms with Crippen molar-refractivity contribution in [3.8, 4) is 17.0 Å². The zero-order valence-electron chi connectivity index (χ0n) is 21.7. The highest BCUT2D eigenvalue weighted by Crippen LogP contribution is 2.59. The van der Waals surface area contributed by atoms with Gasteiger partial charge in [-0.05, 0) is 48.4 Å². The highest BCUT2D eigenvalue weighted by atomic mass is 19.4. The van der Waals surface area contributed by atoms with Crippen molar-refractivity contribution in [2.45, 2.75) is 44.2 Å². The third kappa shape index (κ3) is 5.35. The Labute approximate surface area is 226 Å². The molecule has 2 N–H and O–H groups in total. The van der Waals surface area contributed by atoms with Gasteiger partial charge in [-0.15, -0.1) is 0 Å². The van der Waals surface area contributed by atoms with Gasteiger partial charge in [-0.2, -0.15) is 13.2 Å². The number of aromatic nitrogens is 3. The number of rotatable bonds is 9. The Morgan fingerprint density at radius 2 is 1.95 bits per heavy atom. The summed E-state index contributed by atoms with van der Waals surface area (Å²) >= 11 is 0. The van der Waals surface area contributed by atoms with Gasteiger partial charge >= 0.3 is 6.18 Å². The molecule has 1 fully saturated rings. The Hall–Kier alpha value is -4.06. The smallest absolute Gasteiger partial charge is 0.401 e. The predicted octanol–water partition coefficient (Wildman–Crippen LogP) is 5.38. The molecule has 0 aliphatic heterocycles. The maximum absolute atomic E-state index is 14.9. The number of benzene rings is 2. The fourth-order valence-electron chi connectivity index (χ4n) is 4.58. The third-order valence-electron chi connectivity index (χ3n) is 7.07. The number of nitrogens with zero attached hydrogens (tertiary/aromatic N) is 3. The van der Waals surface area contributed by atoms with Crippen LogP contribution in [0.1, 0.15) is 36.7 Å². The maximum atomic E-state index is 14.9. The molecular weight excluding hydrogens is 532 g/mol. The van der Waals surface area contributed by atoms with Gasteiger partial charge in [-0.1, -0.05) is 24.2 Å². The van der Waals surface area contributed by atoms with Gasteiger partial charge in [-0.25, -0.2) is 9.37 Å². The molecule has 0 radical (unpaired) electrons. The number of methoxy groups -OCH3 is 1. The highest BCUT2D eigenvalue weighted by Gasteiger charge is 2.66. The Bertz CT molecular complexity index is 1570. The van der Waals surface area contributed by atoms with Crippen LogP contribution in [-0.2, 0) is 23.1 Å². The zero-order valence-corrected chi connectivity index (χ0v) is 21.7. The van der Waals surface area contributed by atoms with E-state index in [1.807, 2.05) is 13.0 Å². The van der Waals surface area contributed by atoms with Crippen molar-refractivity contribution < 1.29 is 36.7 Å². The number of nitrogens with one attached hydrogen (secondary N) is 1. The van der Waals surface area contributed by atoms with Crippen molar-refractivity contribution in [1.29, 1.82) is 0 Å². The number of aliphatic hydroxyl groups excluding tert-OH is 1. The summed E-state index contributed by atoms with van der Waals surface area (Å²) in [5.41, 5.74) is 0.938. The Morgan fingerprint density at radius 1 is 1.18 bits per heavy atom. The number of anilines is 1. The lowest BCUT2D eigenvalue weighted by molar-refractivity contribution is -0.165. The van der Waals surface area contributed by atoms with E-state index in [0.29, 0.717) is 34.5 Å². The van der Waals surface area contributed by atoms with Crippen LogP contribution in [0.15, 0.2) is 47.1 Å². The lowest BCUT2D eigenvalue weighted by Gasteiger charge is -2.14. The van der Waals surface area contributed by atoms with Crippen LogP contribution in [0.5, 0.6) is 5.75 Å². The number of fused-ring (bicyclic) bond motifs is 1. The molecule has 2 aromatic carbocycles. The minimum atomic E-state index is -4.47. The summed E-state index contributed by atoms with van der Waals surface area (Å²) in [6.07, 6.45) is -2.92. The summed E-state index contributed by atoms with van der Waals surface area (Å²) in [6.45, 7) is 1.96. The van der Waals surface area contributed by atoms with Crippen LogP contribution in [0.3, 0.4) is 0 Å². The Morgan fingerprint density at radius 3 is 2.60 bits per heavy atom. The normalized spacial score (nSPS) is 15.2. The second-order valence-electron chi connectivity index (χ2n) is 10.1. The quantitative estimate of drug-likeness (QED) is 0.266. The second-order valence-corrected chi connectivity index (χ2v) is 10.1. The van der Waals surface area contributed by atoms with Crippen LogP contribution in [0.25, 0.3) is 22.3 Å². The number of hydrogen-bond acceptors (Lipinski definition) is 7. The molecule has 1 aliphatic rings. The molecule has 1 saturated carbocycles. The van der Waals surface area contributed by atoms with Gasteiger partial charge in [0.05, 0.1) is 36.5 Å². The van der Waals surface area contributed by atoms with E-state index >= 15 is 0 Å². The third-order valence-corrected chi connectivity index (χ3v) is 7.07. The van der Waals surface area contributed by atoms with Gasteiger partial charge in [-0.3, -0.25) is 9.78 Å². The van der Waals surface area contributed by atoms with E-state index in [2.05, 4.69) is 20.4 Å². The molecule has 1 unspecified atom stereocenters. The average Bonchev–Trinajstić information content (AvgIpc) is 3.62. The average molecular weight is 559 g/mol. The van der Waals surface area contributed by atoms with Gasteiger partial charge < -0.3 is 19.7 Å². The van der Waals surface area contributed by atoms with E-state index < -0.39 is 23.3 Å². The van der Waals surface area contributed by atoms with E-state index in [4.69, 9.17) is 9.26 Å².